The molecule has 1 aromatic carbocycles. The van der Waals surface area contributed by atoms with Crippen LogP contribution in [0.2, 0.25) is 0 Å². The fourth-order valence-corrected chi connectivity index (χ4v) is 2.80. The van der Waals surface area contributed by atoms with Crippen molar-refractivity contribution in [3.8, 4) is 23.1 Å². The lowest BCUT2D eigenvalue weighted by Crippen LogP contribution is -1.97. The SMILES string of the molecule is COc1ccc(-c2ccc(C#N)c(C)c2)n2nc(C3CC3)nc12. The molecule has 5 heteroatoms. The van der Waals surface area contributed by atoms with Gasteiger partial charge in [0.25, 0.3) is 0 Å². The van der Waals surface area contributed by atoms with Crippen LogP contribution in [0.1, 0.15) is 35.7 Å². The predicted molar refractivity (Wildman–Crippen MR) is 86.4 cm³/mol. The number of aryl methyl sites for hydroxylation is 1. The number of rotatable bonds is 3. The van der Waals surface area contributed by atoms with Gasteiger partial charge in [0.2, 0.25) is 0 Å². The quantitative estimate of drug-likeness (QED) is 0.743. The van der Waals surface area contributed by atoms with E-state index in [1.54, 1.807) is 7.11 Å². The maximum atomic E-state index is 9.10. The van der Waals surface area contributed by atoms with Crippen molar-refractivity contribution in [2.75, 3.05) is 7.11 Å². The molecule has 1 saturated carbocycles. The molecule has 1 fully saturated rings. The van der Waals surface area contributed by atoms with E-state index >= 15 is 0 Å². The fourth-order valence-electron chi connectivity index (χ4n) is 2.80. The summed E-state index contributed by atoms with van der Waals surface area (Å²) in [5.74, 6) is 2.09. The number of fused-ring (bicyclic) bond motifs is 1. The van der Waals surface area contributed by atoms with Gasteiger partial charge in [0.1, 0.15) is 0 Å². The summed E-state index contributed by atoms with van der Waals surface area (Å²) in [6, 6.07) is 11.9. The molecule has 0 bridgehead atoms. The average molecular weight is 304 g/mol. The Labute approximate surface area is 134 Å². The maximum Gasteiger partial charge on any atom is 0.198 e. The van der Waals surface area contributed by atoms with Crippen LogP contribution >= 0.6 is 0 Å². The van der Waals surface area contributed by atoms with Gasteiger partial charge in [0, 0.05) is 11.5 Å². The van der Waals surface area contributed by atoms with Crippen LogP contribution in [0.4, 0.5) is 0 Å². The van der Waals surface area contributed by atoms with Crippen LogP contribution in [-0.2, 0) is 0 Å². The van der Waals surface area contributed by atoms with Gasteiger partial charge >= 0.3 is 0 Å². The summed E-state index contributed by atoms with van der Waals surface area (Å²) in [4.78, 5) is 4.66. The molecule has 0 radical (unpaired) electrons. The van der Waals surface area contributed by atoms with Gasteiger partial charge in [-0.2, -0.15) is 10.4 Å². The number of methoxy groups -OCH3 is 1. The Morgan fingerprint density at radius 2 is 2.09 bits per heavy atom. The largest absolute Gasteiger partial charge is 0.493 e. The molecule has 0 saturated heterocycles. The van der Waals surface area contributed by atoms with Crippen LogP contribution < -0.4 is 4.74 Å². The highest BCUT2D eigenvalue weighted by atomic mass is 16.5. The molecular weight excluding hydrogens is 288 g/mol. The third kappa shape index (κ3) is 2.23. The van der Waals surface area contributed by atoms with Crippen molar-refractivity contribution in [2.45, 2.75) is 25.7 Å². The molecule has 0 N–H and O–H groups in total. The van der Waals surface area contributed by atoms with Gasteiger partial charge in [-0.1, -0.05) is 6.07 Å². The topological polar surface area (TPSA) is 63.2 Å². The van der Waals surface area contributed by atoms with E-state index in [4.69, 9.17) is 15.1 Å². The van der Waals surface area contributed by atoms with Crippen molar-refractivity contribution < 1.29 is 4.74 Å². The summed E-state index contributed by atoms with van der Waals surface area (Å²) in [7, 11) is 1.65. The first kappa shape index (κ1) is 13.8. The Morgan fingerprint density at radius 1 is 1.26 bits per heavy atom. The minimum atomic E-state index is 0.482. The van der Waals surface area contributed by atoms with E-state index in [1.165, 1.54) is 0 Å². The summed E-state index contributed by atoms with van der Waals surface area (Å²) in [6.07, 6.45) is 2.31. The number of hydrogen-bond acceptors (Lipinski definition) is 4. The second-order valence-electron chi connectivity index (χ2n) is 5.91. The van der Waals surface area contributed by atoms with E-state index in [0.29, 0.717) is 11.5 Å². The van der Waals surface area contributed by atoms with Gasteiger partial charge in [-0.3, -0.25) is 0 Å². The lowest BCUT2D eigenvalue weighted by molar-refractivity contribution is 0.416. The fraction of sp³-hybridized carbons (Fsp3) is 0.278. The number of hydrogen-bond donors (Lipinski definition) is 0. The van der Waals surface area contributed by atoms with Gasteiger partial charge in [0.05, 0.1) is 24.4 Å². The average Bonchev–Trinajstić information content (AvgIpc) is 3.32. The highest BCUT2D eigenvalue weighted by Crippen LogP contribution is 2.39. The molecule has 0 spiro atoms. The standard InChI is InChI=1S/C18H16N4O/c1-11-9-13(5-6-14(11)10-19)15-7-8-16(23-2)18-20-17(12-3-4-12)21-22(15)18/h5-9,12H,3-4H2,1-2H3. The minimum Gasteiger partial charge on any atom is -0.493 e. The van der Waals surface area contributed by atoms with Crippen LogP contribution in [0.25, 0.3) is 16.9 Å². The lowest BCUT2D eigenvalue weighted by Gasteiger charge is -2.08. The first-order valence-electron chi connectivity index (χ1n) is 7.66. The number of pyridine rings is 1. The summed E-state index contributed by atoms with van der Waals surface area (Å²) in [6.45, 7) is 1.94. The summed E-state index contributed by atoms with van der Waals surface area (Å²) in [5.41, 5.74) is 4.36. The van der Waals surface area contributed by atoms with E-state index in [0.717, 1.165) is 46.9 Å². The minimum absolute atomic E-state index is 0.482. The van der Waals surface area contributed by atoms with Gasteiger partial charge in [0.15, 0.2) is 17.2 Å². The van der Waals surface area contributed by atoms with Crippen LogP contribution in [0, 0.1) is 18.3 Å². The van der Waals surface area contributed by atoms with E-state index < -0.39 is 0 Å². The smallest absolute Gasteiger partial charge is 0.198 e. The number of aromatic nitrogens is 3. The number of nitrogens with zero attached hydrogens (tertiary/aromatic N) is 4. The molecule has 3 aromatic rings. The number of nitriles is 1. The molecule has 4 rings (SSSR count). The molecule has 1 aliphatic rings. The second kappa shape index (κ2) is 5.10. The van der Waals surface area contributed by atoms with Crippen molar-refractivity contribution in [2.24, 2.45) is 0 Å². The van der Waals surface area contributed by atoms with Crippen molar-refractivity contribution in [1.29, 1.82) is 5.26 Å². The van der Waals surface area contributed by atoms with Gasteiger partial charge < -0.3 is 4.74 Å². The maximum absolute atomic E-state index is 9.10. The Hall–Kier alpha value is -2.87. The molecule has 2 aromatic heterocycles. The summed E-state index contributed by atoms with van der Waals surface area (Å²) >= 11 is 0. The van der Waals surface area contributed by atoms with Crippen molar-refractivity contribution in [3.05, 3.63) is 47.3 Å². The number of benzene rings is 1. The van der Waals surface area contributed by atoms with Crippen molar-refractivity contribution in [3.63, 3.8) is 0 Å². The first-order chi connectivity index (χ1) is 11.2. The summed E-state index contributed by atoms with van der Waals surface area (Å²) in [5, 5.41) is 13.8. The molecule has 2 heterocycles. The van der Waals surface area contributed by atoms with Crippen molar-refractivity contribution >= 4 is 5.65 Å². The van der Waals surface area contributed by atoms with Gasteiger partial charge in [-0.15, -0.1) is 0 Å². The monoisotopic (exact) mass is 304 g/mol. The zero-order valence-electron chi connectivity index (χ0n) is 13.1. The van der Waals surface area contributed by atoms with E-state index in [1.807, 2.05) is 41.8 Å². The van der Waals surface area contributed by atoms with E-state index in [-0.39, 0.29) is 0 Å². The first-order valence-corrected chi connectivity index (χ1v) is 7.66. The van der Waals surface area contributed by atoms with Crippen LogP contribution in [0.5, 0.6) is 5.75 Å². The molecule has 0 unspecified atom stereocenters. The normalized spacial score (nSPS) is 14.0. The van der Waals surface area contributed by atoms with E-state index in [2.05, 4.69) is 11.1 Å². The molecule has 0 amide bonds. The molecule has 5 nitrogen and oxygen atoms in total. The summed E-state index contributed by atoms with van der Waals surface area (Å²) < 4.78 is 7.28. The predicted octanol–water partition coefficient (Wildman–Crippen LogP) is 3.46. The van der Waals surface area contributed by atoms with Gasteiger partial charge in [-0.25, -0.2) is 9.50 Å². The zero-order valence-corrected chi connectivity index (χ0v) is 13.1. The molecule has 1 aliphatic carbocycles. The molecule has 114 valence electrons. The van der Waals surface area contributed by atoms with Crippen LogP contribution in [0.3, 0.4) is 0 Å². The highest BCUT2D eigenvalue weighted by Gasteiger charge is 2.29. The lowest BCUT2D eigenvalue weighted by atomic mass is 10.0. The van der Waals surface area contributed by atoms with Crippen LogP contribution in [0.15, 0.2) is 30.3 Å². The molecule has 0 aliphatic heterocycles. The second-order valence-corrected chi connectivity index (χ2v) is 5.91. The zero-order chi connectivity index (χ0) is 16.0. The number of ether oxygens (including phenoxy) is 1. The Balaban J connectivity index is 1.93. The van der Waals surface area contributed by atoms with Crippen molar-refractivity contribution in [1.82, 2.24) is 14.6 Å². The Morgan fingerprint density at radius 3 is 2.74 bits per heavy atom. The van der Waals surface area contributed by atoms with E-state index in [9.17, 15) is 0 Å². The molecule has 23 heavy (non-hydrogen) atoms. The third-order valence-corrected chi connectivity index (χ3v) is 4.27. The molecular formula is C18H16N4O. The third-order valence-electron chi connectivity index (χ3n) is 4.27. The Kier molecular flexibility index (Phi) is 3.05. The Bertz CT molecular complexity index is 948. The molecule has 0 atom stereocenters. The highest BCUT2D eigenvalue weighted by molar-refractivity contribution is 5.68. The van der Waals surface area contributed by atoms with Crippen LogP contribution in [-0.4, -0.2) is 21.7 Å². The van der Waals surface area contributed by atoms with Gasteiger partial charge in [-0.05, 0) is 49.6 Å².